The average Bonchev–Trinajstić information content (AvgIpc) is 3.12. The molecule has 0 bridgehead atoms. The first-order valence-electron chi connectivity index (χ1n) is 6.14. The Bertz CT molecular complexity index is 566. The molecular formula is C13H17NO4S. The number of hydrogen-bond donors (Lipinski definition) is 2. The molecule has 0 aliphatic heterocycles. The van der Waals surface area contributed by atoms with Gasteiger partial charge in [0.05, 0.1) is 5.75 Å². The van der Waals surface area contributed by atoms with E-state index in [0.717, 1.165) is 12.8 Å². The van der Waals surface area contributed by atoms with Crippen LogP contribution in [-0.4, -0.2) is 25.2 Å². The molecule has 1 aromatic rings. The Labute approximate surface area is 112 Å². The van der Waals surface area contributed by atoms with Crippen molar-refractivity contribution in [2.24, 2.45) is 5.92 Å². The molecule has 0 aromatic heterocycles. The number of aliphatic carboxylic acids is 1. The molecule has 0 saturated heterocycles. The summed E-state index contributed by atoms with van der Waals surface area (Å²) in [6.45, 7) is 1.37. The van der Waals surface area contributed by atoms with E-state index in [-0.39, 0.29) is 11.7 Å². The molecule has 0 spiro atoms. The molecule has 1 aliphatic rings. The average molecular weight is 283 g/mol. The highest BCUT2D eigenvalue weighted by atomic mass is 32.2. The predicted molar refractivity (Wildman–Crippen MR) is 71.1 cm³/mol. The summed E-state index contributed by atoms with van der Waals surface area (Å²) in [5.41, 5.74) is -1.21. The summed E-state index contributed by atoms with van der Waals surface area (Å²) >= 11 is 0. The van der Waals surface area contributed by atoms with E-state index in [0.29, 0.717) is 5.56 Å². The van der Waals surface area contributed by atoms with Crippen LogP contribution < -0.4 is 4.72 Å². The quantitative estimate of drug-likeness (QED) is 0.824. The fourth-order valence-electron chi connectivity index (χ4n) is 1.95. The summed E-state index contributed by atoms with van der Waals surface area (Å²) in [5.74, 6) is -1.03. The molecule has 1 saturated carbocycles. The van der Waals surface area contributed by atoms with Crippen molar-refractivity contribution >= 4 is 16.0 Å². The largest absolute Gasteiger partial charge is 0.480 e. The molecule has 104 valence electrons. The van der Waals surface area contributed by atoms with Gasteiger partial charge in [0, 0.05) is 0 Å². The van der Waals surface area contributed by atoms with Gasteiger partial charge in [-0.05, 0) is 31.2 Å². The van der Waals surface area contributed by atoms with Crippen LogP contribution in [0.15, 0.2) is 30.3 Å². The molecule has 1 unspecified atom stereocenters. The highest BCUT2D eigenvalue weighted by Gasteiger charge is 2.40. The van der Waals surface area contributed by atoms with Gasteiger partial charge < -0.3 is 5.11 Å². The second kappa shape index (κ2) is 4.94. The van der Waals surface area contributed by atoms with Crippen LogP contribution >= 0.6 is 0 Å². The second-order valence-electron chi connectivity index (χ2n) is 5.12. The van der Waals surface area contributed by atoms with Crippen molar-refractivity contribution in [2.75, 3.05) is 5.75 Å². The molecule has 0 amide bonds. The van der Waals surface area contributed by atoms with E-state index < -0.39 is 21.5 Å². The minimum atomic E-state index is -3.60. The van der Waals surface area contributed by atoms with Crippen molar-refractivity contribution in [1.29, 1.82) is 0 Å². The number of nitrogens with one attached hydrogen (secondary N) is 1. The minimum Gasteiger partial charge on any atom is -0.480 e. The third-order valence-electron chi connectivity index (χ3n) is 3.29. The van der Waals surface area contributed by atoms with E-state index in [2.05, 4.69) is 4.72 Å². The van der Waals surface area contributed by atoms with Crippen LogP contribution in [0.4, 0.5) is 0 Å². The van der Waals surface area contributed by atoms with Crippen molar-refractivity contribution < 1.29 is 18.3 Å². The molecule has 1 aromatic carbocycles. The van der Waals surface area contributed by atoms with Crippen LogP contribution in [0.5, 0.6) is 0 Å². The molecular weight excluding hydrogens is 266 g/mol. The molecule has 2 N–H and O–H groups in total. The Kier molecular flexibility index (Phi) is 3.64. The summed E-state index contributed by atoms with van der Waals surface area (Å²) in [4.78, 5) is 11.5. The van der Waals surface area contributed by atoms with Gasteiger partial charge in [-0.25, -0.2) is 13.2 Å². The van der Waals surface area contributed by atoms with Crippen LogP contribution in [0.3, 0.4) is 0 Å². The van der Waals surface area contributed by atoms with Crippen LogP contribution in [-0.2, 0) is 20.4 Å². The summed E-state index contributed by atoms with van der Waals surface area (Å²) < 4.78 is 26.3. The molecule has 0 radical (unpaired) electrons. The van der Waals surface area contributed by atoms with Crippen molar-refractivity contribution in [3.05, 3.63) is 35.9 Å². The third-order valence-corrected chi connectivity index (χ3v) is 4.92. The monoisotopic (exact) mass is 283 g/mol. The molecule has 6 heteroatoms. The standard InChI is InChI=1S/C13H17NO4S/c1-13(12(15)16,11-5-3-2-4-6-11)14-19(17,18)9-10-7-8-10/h2-6,10,14H,7-9H2,1H3,(H,15,16). The fraction of sp³-hybridized carbons (Fsp3) is 0.462. The van der Waals surface area contributed by atoms with Gasteiger partial charge in [-0.15, -0.1) is 0 Å². The van der Waals surface area contributed by atoms with E-state index in [1.54, 1.807) is 30.3 Å². The van der Waals surface area contributed by atoms with Gasteiger partial charge in [0.1, 0.15) is 0 Å². The first-order chi connectivity index (χ1) is 8.83. The van der Waals surface area contributed by atoms with E-state index in [1.807, 2.05) is 0 Å². The second-order valence-corrected chi connectivity index (χ2v) is 6.89. The van der Waals surface area contributed by atoms with Gasteiger partial charge in [-0.1, -0.05) is 30.3 Å². The Morgan fingerprint density at radius 1 is 1.37 bits per heavy atom. The number of carboxylic acid groups (broad SMARTS) is 1. The van der Waals surface area contributed by atoms with Crippen molar-refractivity contribution in [3.8, 4) is 0 Å². The summed E-state index contributed by atoms with van der Waals surface area (Å²) in [6, 6.07) is 8.34. The van der Waals surface area contributed by atoms with Gasteiger partial charge in [-0.2, -0.15) is 4.72 Å². The van der Waals surface area contributed by atoms with Crippen LogP contribution in [0, 0.1) is 5.92 Å². The van der Waals surface area contributed by atoms with Gasteiger partial charge in [0.25, 0.3) is 0 Å². The lowest BCUT2D eigenvalue weighted by Crippen LogP contribution is -2.50. The van der Waals surface area contributed by atoms with Gasteiger partial charge in [0.2, 0.25) is 10.0 Å². The first kappa shape index (κ1) is 14.0. The topological polar surface area (TPSA) is 83.5 Å². The van der Waals surface area contributed by atoms with Crippen molar-refractivity contribution in [1.82, 2.24) is 4.72 Å². The number of hydrogen-bond acceptors (Lipinski definition) is 3. The van der Waals surface area contributed by atoms with Gasteiger partial charge >= 0.3 is 5.97 Å². The molecule has 0 heterocycles. The lowest BCUT2D eigenvalue weighted by atomic mass is 9.94. The Balaban J connectivity index is 2.27. The van der Waals surface area contributed by atoms with Gasteiger partial charge in [-0.3, -0.25) is 0 Å². The van der Waals surface area contributed by atoms with E-state index in [4.69, 9.17) is 0 Å². The molecule has 2 rings (SSSR count). The smallest absolute Gasteiger partial charge is 0.329 e. The zero-order chi connectivity index (χ0) is 14.1. The Hall–Kier alpha value is -1.40. The Morgan fingerprint density at radius 2 is 1.95 bits per heavy atom. The maximum absolute atomic E-state index is 12.0. The summed E-state index contributed by atoms with van der Waals surface area (Å²) in [7, 11) is -3.60. The van der Waals surface area contributed by atoms with E-state index in [9.17, 15) is 18.3 Å². The number of rotatable bonds is 6. The SMILES string of the molecule is CC(NS(=O)(=O)CC1CC1)(C(=O)O)c1ccccc1. The molecule has 1 fully saturated rings. The van der Waals surface area contributed by atoms with Crippen molar-refractivity contribution in [3.63, 3.8) is 0 Å². The third kappa shape index (κ3) is 3.33. The molecule has 19 heavy (non-hydrogen) atoms. The highest BCUT2D eigenvalue weighted by Crippen LogP contribution is 2.31. The lowest BCUT2D eigenvalue weighted by Gasteiger charge is -2.26. The van der Waals surface area contributed by atoms with Gasteiger partial charge in [0.15, 0.2) is 5.54 Å². The molecule has 5 nitrogen and oxygen atoms in total. The van der Waals surface area contributed by atoms with Crippen molar-refractivity contribution in [2.45, 2.75) is 25.3 Å². The molecule has 1 aliphatic carbocycles. The maximum atomic E-state index is 12.0. The number of sulfonamides is 1. The number of carboxylic acids is 1. The Morgan fingerprint density at radius 3 is 2.42 bits per heavy atom. The van der Waals surface area contributed by atoms with E-state index in [1.165, 1.54) is 6.92 Å². The van der Waals surface area contributed by atoms with Crippen LogP contribution in [0.2, 0.25) is 0 Å². The first-order valence-corrected chi connectivity index (χ1v) is 7.79. The fourth-order valence-corrected chi connectivity index (χ4v) is 3.81. The van der Waals surface area contributed by atoms with Crippen LogP contribution in [0.25, 0.3) is 0 Å². The zero-order valence-electron chi connectivity index (χ0n) is 10.7. The minimum absolute atomic E-state index is 0.00268. The normalized spacial score (nSPS) is 18.8. The number of carbonyl (C=O) groups is 1. The predicted octanol–water partition coefficient (Wildman–Crippen LogP) is 1.32. The summed E-state index contributed by atoms with van der Waals surface area (Å²) in [6.07, 6.45) is 1.80. The lowest BCUT2D eigenvalue weighted by molar-refractivity contribution is -0.143. The van der Waals surface area contributed by atoms with E-state index >= 15 is 0 Å². The molecule has 1 atom stereocenters. The maximum Gasteiger partial charge on any atom is 0.329 e. The van der Waals surface area contributed by atoms with Crippen LogP contribution in [0.1, 0.15) is 25.3 Å². The summed E-state index contributed by atoms with van der Waals surface area (Å²) in [5, 5.41) is 9.37. The number of benzene rings is 1. The highest BCUT2D eigenvalue weighted by molar-refractivity contribution is 7.89. The zero-order valence-corrected chi connectivity index (χ0v) is 11.5.